The molecule has 1 rings (SSSR count). The molecule has 0 spiro atoms. The van der Waals surface area contributed by atoms with E-state index in [9.17, 15) is 43.5 Å². The van der Waals surface area contributed by atoms with Gasteiger partial charge in [0.05, 0.1) is 13.2 Å². The molecule has 404 valence electrons. The summed E-state index contributed by atoms with van der Waals surface area (Å²) in [4.78, 5) is 70.1. The molecule has 0 aliphatic heterocycles. The summed E-state index contributed by atoms with van der Waals surface area (Å²) in [5, 5.41) is 42.6. The van der Waals surface area contributed by atoms with E-state index in [1.165, 1.54) is 51.4 Å². The summed E-state index contributed by atoms with van der Waals surface area (Å²) in [6, 6.07) is 2.42. The van der Waals surface area contributed by atoms with Crippen LogP contribution in [0.25, 0.3) is 0 Å². The lowest BCUT2D eigenvalue weighted by Gasteiger charge is -2.44. The van der Waals surface area contributed by atoms with Crippen LogP contribution in [0.4, 0.5) is 0 Å². The average molecular weight is 1040 g/mol. The maximum absolute atomic E-state index is 12.7. The fourth-order valence-electron chi connectivity index (χ4n) is 5.79. The van der Waals surface area contributed by atoms with Gasteiger partial charge >= 0.3 is 29.4 Å². The quantitative estimate of drug-likeness (QED) is 0.0109. The number of phosphoric acid groups is 3. The summed E-state index contributed by atoms with van der Waals surface area (Å²) in [6.07, 6.45) is 4.38. The number of amides is 1. The molecular formula is C44H88NO20P3. The van der Waals surface area contributed by atoms with Crippen molar-refractivity contribution >= 4 is 35.3 Å². The number of ether oxygens (including phenoxy) is 2. The van der Waals surface area contributed by atoms with E-state index in [0.29, 0.717) is 12.8 Å². The molecule has 24 heteroatoms. The molecule has 68 heavy (non-hydrogen) atoms. The SMILES string of the molecule is C#CC#CC#CC#CC#CC#CC#CNC(=O)CCC.CCCCCCCCCCCCCCCC(=O)O[C@H](COCO)COP(=O)(O)OC1C(O)[C@H](OP(=O)(O)O)C(O)C(OP(=O)(O)O)[C@@H]1O.[HH].[HH].[HH].[HH].[HH].[HH].[HH].[HH].[HH].[HH].[HH].[HH].[HH]. The second-order valence-electron chi connectivity index (χ2n) is 14.5. The first-order valence-electron chi connectivity index (χ1n) is 21.5. The van der Waals surface area contributed by atoms with Crippen LogP contribution in [0.3, 0.4) is 0 Å². The minimum Gasteiger partial charge on any atom is -0.457 e. The number of carbonyl (C=O) groups excluding carboxylic acids is 2. The Kier molecular flexibility index (Phi) is 35.6. The van der Waals surface area contributed by atoms with E-state index in [2.05, 4.69) is 98.4 Å². The Bertz CT molecular complexity index is 2110. The summed E-state index contributed by atoms with van der Waals surface area (Å²) in [6.45, 7) is 1.93. The maximum atomic E-state index is 12.7. The van der Waals surface area contributed by atoms with Crippen molar-refractivity contribution in [2.75, 3.05) is 20.0 Å². The van der Waals surface area contributed by atoms with Crippen LogP contribution in [0.15, 0.2) is 0 Å². The molecule has 0 aromatic carbocycles. The van der Waals surface area contributed by atoms with E-state index in [1.807, 2.05) is 6.92 Å². The van der Waals surface area contributed by atoms with Crippen LogP contribution in [0.1, 0.15) is 135 Å². The first-order chi connectivity index (χ1) is 32.2. The Morgan fingerprint density at radius 1 is 0.588 bits per heavy atom. The van der Waals surface area contributed by atoms with Crippen LogP contribution in [-0.2, 0) is 50.9 Å². The third kappa shape index (κ3) is 34.3. The number of phosphoric ester groups is 3. The number of carbonyl (C=O) groups is 2. The van der Waals surface area contributed by atoms with Gasteiger partial charge in [0.1, 0.15) is 49.5 Å². The monoisotopic (exact) mass is 1040 g/mol. The molecule has 0 aromatic rings. The molecule has 1 saturated carbocycles. The van der Waals surface area contributed by atoms with Gasteiger partial charge in [-0.05, 0) is 48.4 Å². The number of unbranched alkanes of at least 4 members (excludes halogenated alkanes) is 12. The van der Waals surface area contributed by atoms with E-state index in [0.717, 1.165) is 32.1 Å². The predicted octanol–water partition coefficient (Wildman–Crippen LogP) is 5.61. The third-order valence-corrected chi connectivity index (χ3v) is 10.9. The zero-order valence-electron chi connectivity index (χ0n) is 37.9. The third-order valence-electron chi connectivity index (χ3n) is 8.83. The molecule has 0 saturated heterocycles. The number of aliphatic hydroxyl groups is 4. The van der Waals surface area contributed by atoms with Crippen LogP contribution in [0, 0.1) is 83.5 Å². The molecule has 0 bridgehead atoms. The number of terminal acetylenes is 1. The average Bonchev–Trinajstić information content (AvgIpc) is 3.26. The van der Waals surface area contributed by atoms with Crippen molar-refractivity contribution in [3.05, 3.63) is 0 Å². The number of rotatable bonds is 29. The van der Waals surface area contributed by atoms with Gasteiger partial charge in [0.25, 0.3) is 0 Å². The van der Waals surface area contributed by atoms with Crippen molar-refractivity contribution in [1.82, 2.24) is 5.32 Å². The van der Waals surface area contributed by atoms with E-state index in [-0.39, 0.29) is 30.9 Å². The lowest BCUT2D eigenvalue weighted by Crippen LogP contribution is -2.65. The standard InChI is InChI=1S/C26H53O19P3.C18H9NO.13H2/c1-2-3-4-5-6-7-8-9-10-11-12-13-14-15-20(28)42-19(16-40-18-27)17-41-48(38,39)45-26-22(30)24(43-46(32,33)34)21(29)25(23(26)31)44-47(35,36)37;1-3-5-6-7-8-9-10-11-12-13-14-15-17-19-18(20)16-4-2;;;;;;;;;;;;;/h19,21-27,29-31H,2-18H2,1H3,(H,38,39)(H2,32,33,34)(H2,35,36,37);1H,4,16H2,2H3,(H,19,20);13*1H/t19-,21?,22+,23?,24?,25-,26?;;;;;;;;;;;;;;/m1............../s1. The highest BCUT2D eigenvalue weighted by molar-refractivity contribution is 7.47. The van der Waals surface area contributed by atoms with Crippen molar-refractivity contribution in [3.8, 4) is 83.5 Å². The largest absolute Gasteiger partial charge is 0.472 e. The fraction of sp³-hybridized carbons (Fsp3) is 0.636. The van der Waals surface area contributed by atoms with Crippen LogP contribution in [-0.4, -0.2) is 120 Å². The highest BCUT2D eigenvalue weighted by Crippen LogP contribution is 2.51. The highest BCUT2D eigenvalue weighted by Gasteiger charge is 2.56. The molecule has 1 aliphatic rings. The summed E-state index contributed by atoms with van der Waals surface area (Å²) in [7, 11) is -16.4. The number of aliphatic hydroxyl groups excluding tert-OH is 4. The molecule has 8 atom stereocenters. The predicted molar refractivity (Wildman–Crippen MR) is 272 cm³/mol. The molecule has 21 nitrogen and oxygen atoms in total. The van der Waals surface area contributed by atoms with Crippen LogP contribution >= 0.6 is 23.5 Å². The molecule has 0 heterocycles. The molecule has 1 fully saturated rings. The maximum Gasteiger partial charge on any atom is 0.472 e. The van der Waals surface area contributed by atoms with Gasteiger partial charge in [0.15, 0.2) is 0 Å². The highest BCUT2D eigenvalue weighted by atomic mass is 31.2. The molecule has 0 radical (unpaired) electrons. The first-order valence-corrected chi connectivity index (χ1v) is 26.1. The normalized spacial score (nSPS) is 19.6. The molecule has 0 aromatic heterocycles. The Morgan fingerprint density at radius 3 is 1.41 bits per heavy atom. The number of nitrogens with one attached hydrogen (secondary N) is 1. The first kappa shape index (κ1) is 64.0. The van der Waals surface area contributed by atoms with Crippen LogP contribution in [0.2, 0.25) is 0 Å². The molecule has 10 N–H and O–H groups in total. The van der Waals surface area contributed by atoms with E-state index in [4.69, 9.17) is 49.6 Å². The van der Waals surface area contributed by atoms with Crippen molar-refractivity contribution < 1.29 is 114 Å². The summed E-state index contributed by atoms with van der Waals surface area (Å²) >= 11 is 0. The van der Waals surface area contributed by atoms with Crippen LogP contribution in [0.5, 0.6) is 0 Å². The molecule has 1 aliphatic carbocycles. The zero-order valence-corrected chi connectivity index (χ0v) is 40.6. The topological polar surface area (TPSA) is 335 Å². The minimum absolute atomic E-state index is 0. The van der Waals surface area contributed by atoms with Gasteiger partial charge in [-0.3, -0.25) is 33.0 Å². The summed E-state index contributed by atoms with van der Waals surface area (Å²) in [5.74, 6) is 28.1. The summed E-state index contributed by atoms with van der Waals surface area (Å²) in [5.41, 5.74) is 0. The molecular weight excluding hydrogens is 955 g/mol. The van der Waals surface area contributed by atoms with Gasteiger partial charge in [-0.25, -0.2) is 13.7 Å². The summed E-state index contributed by atoms with van der Waals surface area (Å²) < 4.78 is 63.4. The minimum atomic E-state index is -5.51. The Balaban J connectivity index is -0.0000000986. The van der Waals surface area contributed by atoms with Crippen molar-refractivity contribution in [2.24, 2.45) is 0 Å². The fourth-order valence-corrected chi connectivity index (χ4v) is 7.90. The number of hydrogen-bond acceptors (Lipinski definition) is 15. The van der Waals surface area contributed by atoms with Crippen LogP contribution < -0.4 is 5.32 Å². The van der Waals surface area contributed by atoms with Gasteiger partial charge < -0.3 is 54.4 Å². The van der Waals surface area contributed by atoms with Gasteiger partial charge in [-0.1, -0.05) is 90.9 Å². The van der Waals surface area contributed by atoms with Crippen molar-refractivity contribution in [1.29, 1.82) is 0 Å². The molecule has 1 amide bonds. The lowest BCUT2D eigenvalue weighted by molar-refractivity contribution is -0.213. The van der Waals surface area contributed by atoms with Crippen molar-refractivity contribution in [3.63, 3.8) is 0 Å². The Hall–Kier alpha value is -4.01. The van der Waals surface area contributed by atoms with Crippen molar-refractivity contribution in [2.45, 2.75) is 159 Å². The Morgan fingerprint density at radius 2 is 1.00 bits per heavy atom. The van der Waals surface area contributed by atoms with E-state index in [1.54, 1.807) is 0 Å². The second-order valence-corrected chi connectivity index (χ2v) is 18.3. The van der Waals surface area contributed by atoms with E-state index >= 15 is 0 Å². The van der Waals surface area contributed by atoms with Gasteiger partial charge in [0.2, 0.25) is 5.91 Å². The lowest BCUT2D eigenvalue weighted by atomic mass is 9.85. The smallest absolute Gasteiger partial charge is 0.457 e. The second kappa shape index (κ2) is 37.8. The number of esters is 1. The van der Waals surface area contributed by atoms with Gasteiger partial charge in [0, 0.05) is 73.0 Å². The zero-order chi connectivity index (χ0) is 51.3. The van der Waals surface area contributed by atoms with Gasteiger partial charge in [-0.2, -0.15) is 0 Å². The molecule has 5 unspecified atom stereocenters. The van der Waals surface area contributed by atoms with E-state index < -0.39 is 92.2 Å². The van der Waals surface area contributed by atoms with Gasteiger partial charge in [-0.15, -0.1) is 6.42 Å². The Labute approximate surface area is 417 Å². The number of hydrogen-bond donors (Lipinski definition) is 10.